The predicted octanol–water partition coefficient (Wildman–Crippen LogP) is 3.03. The minimum atomic E-state index is -0.228. The highest BCUT2D eigenvalue weighted by atomic mass is 35.5. The molecule has 1 aromatic carbocycles. The Morgan fingerprint density at radius 2 is 1.77 bits per heavy atom. The second-order valence-corrected chi connectivity index (χ2v) is 5.35. The molecule has 2 heterocycles. The minimum Gasteiger partial charge on any atom is -0.438 e. The smallest absolute Gasteiger partial charge is 0.282 e. The van der Waals surface area contributed by atoms with E-state index in [9.17, 15) is 9.59 Å². The van der Waals surface area contributed by atoms with Crippen molar-refractivity contribution in [3.63, 3.8) is 0 Å². The first-order chi connectivity index (χ1) is 10.6. The third kappa shape index (κ3) is 1.95. The highest BCUT2D eigenvalue weighted by molar-refractivity contribution is 6.30. The molecule has 0 unspecified atom stereocenters. The summed E-state index contributed by atoms with van der Waals surface area (Å²) in [6.45, 7) is 0. The molecule has 0 atom stereocenters. The van der Waals surface area contributed by atoms with Gasteiger partial charge in [-0.15, -0.1) is 0 Å². The van der Waals surface area contributed by atoms with Crippen molar-refractivity contribution in [1.82, 2.24) is 9.78 Å². The Kier molecular flexibility index (Phi) is 2.71. The summed E-state index contributed by atoms with van der Waals surface area (Å²) in [4.78, 5) is 23.9. The number of nitrogens with zero attached hydrogens (tertiary/aromatic N) is 1. The zero-order chi connectivity index (χ0) is 15.3. The Morgan fingerprint density at radius 3 is 2.55 bits per heavy atom. The maximum atomic E-state index is 12.5. The molecule has 108 valence electrons. The van der Waals surface area contributed by atoms with Crippen LogP contribution in [0.25, 0.3) is 28.1 Å². The first-order valence-electron chi connectivity index (χ1n) is 6.56. The Labute approximate surface area is 128 Å². The molecule has 1 aliphatic carbocycles. The number of H-pyrrole nitrogens is 1. The van der Waals surface area contributed by atoms with Crippen molar-refractivity contribution < 1.29 is 4.42 Å². The number of benzene rings is 2. The van der Waals surface area contributed by atoms with Gasteiger partial charge >= 0.3 is 0 Å². The Morgan fingerprint density at radius 1 is 1.00 bits per heavy atom. The largest absolute Gasteiger partial charge is 0.438 e. The van der Waals surface area contributed by atoms with Gasteiger partial charge in [0.1, 0.15) is 11.1 Å². The molecular formula is C16H9ClN2O3. The van der Waals surface area contributed by atoms with Gasteiger partial charge in [0.2, 0.25) is 5.71 Å². The lowest BCUT2D eigenvalue weighted by molar-refractivity contribution is 0.598. The summed E-state index contributed by atoms with van der Waals surface area (Å²) in [5.74, 6) is 0.435. The molecule has 0 saturated carbocycles. The molecule has 0 spiro atoms. The normalized spacial score (nSPS) is 11.3. The van der Waals surface area contributed by atoms with Crippen LogP contribution in [0.1, 0.15) is 0 Å². The minimum absolute atomic E-state index is 0.143. The van der Waals surface area contributed by atoms with Crippen LogP contribution in [0.15, 0.2) is 62.5 Å². The summed E-state index contributed by atoms with van der Waals surface area (Å²) in [7, 11) is 0. The molecule has 5 nitrogen and oxygen atoms in total. The second kappa shape index (κ2) is 4.61. The van der Waals surface area contributed by atoms with Gasteiger partial charge in [0.25, 0.3) is 5.56 Å². The van der Waals surface area contributed by atoms with Crippen molar-refractivity contribution in [2.45, 2.75) is 0 Å². The Bertz CT molecular complexity index is 1070. The fourth-order valence-corrected chi connectivity index (χ4v) is 2.52. The van der Waals surface area contributed by atoms with Gasteiger partial charge in [0.05, 0.1) is 5.69 Å². The van der Waals surface area contributed by atoms with Gasteiger partial charge in [0.15, 0.2) is 5.43 Å². The number of hydrogen-bond acceptors (Lipinski definition) is 3. The van der Waals surface area contributed by atoms with Crippen LogP contribution < -0.4 is 11.0 Å². The maximum Gasteiger partial charge on any atom is 0.282 e. The molecule has 6 heteroatoms. The highest BCUT2D eigenvalue weighted by Crippen LogP contribution is 2.24. The lowest BCUT2D eigenvalue weighted by atomic mass is 10.1. The first-order valence-corrected chi connectivity index (χ1v) is 6.94. The quantitative estimate of drug-likeness (QED) is 0.587. The molecule has 22 heavy (non-hydrogen) atoms. The SMILES string of the molecule is O=c1ccc2cc3c(=O)n(-c4ccc(Cl)cc4)[nH]c3oc-2c1. The molecule has 1 aliphatic heterocycles. The van der Waals surface area contributed by atoms with Crippen LogP contribution in [0, 0.1) is 0 Å². The third-order valence-electron chi connectivity index (χ3n) is 3.47. The molecule has 0 bridgehead atoms. The number of fused-ring (bicyclic) bond motifs is 2. The van der Waals surface area contributed by atoms with E-state index in [2.05, 4.69) is 5.10 Å². The van der Waals surface area contributed by atoms with Gasteiger partial charge in [-0.25, -0.2) is 4.68 Å². The zero-order valence-corrected chi connectivity index (χ0v) is 11.9. The average Bonchev–Trinajstić information content (AvgIpc) is 2.82. The second-order valence-electron chi connectivity index (χ2n) is 4.92. The monoisotopic (exact) mass is 312 g/mol. The summed E-state index contributed by atoms with van der Waals surface area (Å²) >= 11 is 5.86. The van der Waals surface area contributed by atoms with E-state index in [-0.39, 0.29) is 11.0 Å². The molecule has 2 aromatic rings. The van der Waals surface area contributed by atoms with Gasteiger partial charge in [0, 0.05) is 16.7 Å². The van der Waals surface area contributed by atoms with Crippen molar-refractivity contribution in [1.29, 1.82) is 0 Å². The molecule has 2 aliphatic rings. The van der Waals surface area contributed by atoms with E-state index in [0.29, 0.717) is 33.1 Å². The summed E-state index contributed by atoms with van der Waals surface area (Å²) in [5.41, 5.74) is 1.29. The lowest BCUT2D eigenvalue weighted by Gasteiger charge is -2.01. The number of rotatable bonds is 1. The van der Waals surface area contributed by atoms with E-state index in [1.165, 1.54) is 16.8 Å². The van der Waals surface area contributed by atoms with E-state index >= 15 is 0 Å². The molecule has 4 rings (SSSR count). The number of aromatic nitrogens is 2. The maximum absolute atomic E-state index is 12.5. The number of halogens is 1. The topological polar surface area (TPSA) is 68.0 Å². The van der Waals surface area contributed by atoms with E-state index in [1.807, 2.05) is 0 Å². The highest BCUT2D eigenvalue weighted by Gasteiger charge is 2.14. The van der Waals surface area contributed by atoms with E-state index in [4.69, 9.17) is 16.0 Å². The summed E-state index contributed by atoms with van der Waals surface area (Å²) < 4.78 is 7.01. The number of aromatic amines is 1. The van der Waals surface area contributed by atoms with Crippen molar-refractivity contribution in [3.05, 3.63) is 74.1 Å². The average molecular weight is 313 g/mol. The molecule has 0 amide bonds. The van der Waals surface area contributed by atoms with Gasteiger partial charge in [-0.1, -0.05) is 11.6 Å². The van der Waals surface area contributed by atoms with E-state index < -0.39 is 0 Å². The van der Waals surface area contributed by atoms with Crippen LogP contribution in [-0.4, -0.2) is 9.78 Å². The van der Waals surface area contributed by atoms with Crippen molar-refractivity contribution in [3.8, 4) is 17.0 Å². The van der Waals surface area contributed by atoms with Crippen LogP contribution >= 0.6 is 11.6 Å². The van der Waals surface area contributed by atoms with Crippen LogP contribution in [0.5, 0.6) is 0 Å². The van der Waals surface area contributed by atoms with Gasteiger partial charge < -0.3 is 4.42 Å². The van der Waals surface area contributed by atoms with E-state index in [0.717, 1.165) is 0 Å². The summed E-state index contributed by atoms with van der Waals surface area (Å²) in [6, 6.07) is 13.0. The fourth-order valence-electron chi connectivity index (χ4n) is 2.39. The third-order valence-corrected chi connectivity index (χ3v) is 3.73. The van der Waals surface area contributed by atoms with Gasteiger partial charge in [-0.2, -0.15) is 0 Å². The van der Waals surface area contributed by atoms with E-state index in [1.54, 1.807) is 36.4 Å². The molecule has 0 radical (unpaired) electrons. The molecule has 0 saturated heterocycles. The molecule has 0 fully saturated rings. The predicted molar refractivity (Wildman–Crippen MR) is 84.1 cm³/mol. The molecule has 1 aromatic heterocycles. The summed E-state index contributed by atoms with van der Waals surface area (Å²) in [6.07, 6.45) is 0. The van der Waals surface area contributed by atoms with Crippen LogP contribution in [0.4, 0.5) is 0 Å². The summed E-state index contributed by atoms with van der Waals surface area (Å²) in [5, 5.41) is 3.91. The van der Waals surface area contributed by atoms with Crippen LogP contribution in [0.3, 0.4) is 0 Å². The number of hydrogen-bond donors (Lipinski definition) is 1. The Hall–Kier alpha value is -2.79. The number of nitrogens with one attached hydrogen (secondary N) is 1. The standard InChI is InChI=1S/C16H9ClN2O3/c17-10-2-4-11(5-3-10)19-16(21)13-7-9-1-6-12(20)8-14(9)22-15(13)18-19/h1-8,18H. The lowest BCUT2D eigenvalue weighted by Crippen LogP contribution is -2.14. The van der Waals surface area contributed by atoms with Crippen molar-refractivity contribution >= 4 is 22.7 Å². The zero-order valence-electron chi connectivity index (χ0n) is 11.2. The van der Waals surface area contributed by atoms with Crippen LogP contribution in [0.2, 0.25) is 5.02 Å². The van der Waals surface area contributed by atoms with Crippen LogP contribution in [-0.2, 0) is 0 Å². The molecular weight excluding hydrogens is 304 g/mol. The van der Waals surface area contributed by atoms with Crippen molar-refractivity contribution in [2.75, 3.05) is 0 Å². The Balaban J connectivity index is 2.02. The van der Waals surface area contributed by atoms with Gasteiger partial charge in [-0.3, -0.25) is 14.7 Å². The van der Waals surface area contributed by atoms with Crippen molar-refractivity contribution in [2.24, 2.45) is 0 Å². The fraction of sp³-hybridized carbons (Fsp3) is 0. The first kappa shape index (κ1) is 12.9. The molecule has 1 N–H and O–H groups in total. The van der Waals surface area contributed by atoms with Gasteiger partial charge in [-0.05, 0) is 42.5 Å².